The molecule has 1 aliphatic heterocycles. The summed E-state index contributed by atoms with van der Waals surface area (Å²) in [5.74, 6) is 1.15. The molecule has 1 fully saturated rings. The fourth-order valence-corrected chi connectivity index (χ4v) is 5.35. The minimum absolute atomic E-state index is 0.192. The highest BCUT2D eigenvalue weighted by Gasteiger charge is 2.29. The van der Waals surface area contributed by atoms with Gasteiger partial charge < -0.3 is 5.73 Å². The van der Waals surface area contributed by atoms with E-state index in [4.69, 9.17) is 17.3 Å². The molecular weight excluding hydrogens is 282 g/mol. The zero-order chi connectivity index (χ0) is 13.1. The number of hydrogen-bond donors (Lipinski definition) is 1. The molecule has 0 amide bonds. The molecule has 100 valence electrons. The fraction of sp³-hybridized carbons (Fsp3) is 0.571. The summed E-state index contributed by atoms with van der Waals surface area (Å²) < 4.78 is 0. The average Bonchev–Trinajstić information content (AvgIpc) is 2.35. The van der Waals surface area contributed by atoms with Crippen molar-refractivity contribution in [3.63, 3.8) is 0 Å². The van der Waals surface area contributed by atoms with Gasteiger partial charge >= 0.3 is 0 Å². The molecule has 1 saturated heterocycles. The van der Waals surface area contributed by atoms with Gasteiger partial charge in [-0.05, 0) is 18.1 Å². The Morgan fingerprint density at radius 3 is 2.72 bits per heavy atom. The number of halogens is 1. The Balaban J connectivity index is 1.96. The Hall–Kier alpha value is 0.170. The van der Waals surface area contributed by atoms with E-state index in [1.165, 1.54) is 5.56 Å². The molecule has 0 radical (unpaired) electrons. The summed E-state index contributed by atoms with van der Waals surface area (Å²) in [6.45, 7) is 4.61. The molecule has 1 heterocycles. The van der Waals surface area contributed by atoms with Crippen LogP contribution in [-0.4, -0.2) is 27.5 Å². The Labute approximate surface area is 123 Å². The molecule has 1 nitrogen and oxygen atoms in total. The lowest BCUT2D eigenvalue weighted by Crippen LogP contribution is -2.41. The van der Waals surface area contributed by atoms with E-state index in [2.05, 4.69) is 19.9 Å². The lowest BCUT2D eigenvalue weighted by atomic mass is 10.0. The molecule has 0 saturated carbocycles. The van der Waals surface area contributed by atoms with Gasteiger partial charge in [0.05, 0.1) is 0 Å². The van der Waals surface area contributed by atoms with E-state index in [1.54, 1.807) is 0 Å². The van der Waals surface area contributed by atoms with Crippen LogP contribution < -0.4 is 5.73 Å². The predicted octanol–water partition coefficient (Wildman–Crippen LogP) is 3.84. The van der Waals surface area contributed by atoms with E-state index in [1.807, 2.05) is 41.7 Å². The van der Waals surface area contributed by atoms with Crippen LogP contribution in [0.25, 0.3) is 0 Å². The second-order valence-electron chi connectivity index (χ2n) is 4.88. The Morgan fingerprint density at radius 2 is 2.06 bits per heavy atom. The first kappa shape index (κ1) is 14.6. The summed E-state index contributed by atoms with van der Waals surface area (Å²) in [5, 5.41) is 2.80. The zero-order valence-corrected chi connectivity index (χ0v) is 13.2. The summed E-state index contributed by atoms with van der Waals surface area (Å²) in [6.07, 6.45) is 0.874. The average molecular weight is 302 g/mol. The third kappa shape index (κ3) is 3.60. The van der Waals surface area contributed by atoms with Crippen LogP contribution in [-0.2, 0) is 6.42 Å². The first-order chi connectivity index (χ1) is 8.58. The first-order valence-electron chi connectivity index (χ1n) is 6.34. The molecule has 18 heavy (non-hydrogen) atoms. The molecule has 0 aromatic heterocycles. The van der Waals surface area contributed by atoms with Crippen molar-refractivity contribution < 1.29 is 0 Å². The van der Waals surface area contributed by atoms with Crippen LogP contribution in [0, 0.1) is 0 Å². The highest BCUT2D eigenvalue weighted by Crippen LogP contribution is 2.37. The first-order valence-corrected chi connectivity index (χ1v) is 8.71. The van der Waals surface area contributed by atoms with Gasteiger partial charge in [0.15, 0.2) is 0 Å². The van der Waals surface area contributed by atoms with E-state index in [-0.39, 0.29) is 6.04 Å². The second-order valence-corrected chi connectivity index (χ2v) is 8.32. The van der Waals surface area contributed by atoms with Crippen molar-refractivity contribution in [3.05, 3.63) is 34.9 Å². The molecule has 4 heteroatoms. The third-order valence-corrected chi connectivity index (χ3v) is 7.41. The van der Waals surface area contributed by atoms with Gasteiger partial charge in [-0.25, -0.2) is 0 Å². The van der Waals surface area contributed by atoms with E-state index in [9.17, 15) is 0 Å². The Bertz CT molecular complexity index is 399. The minimum atomic E-state index is 0.192. The SMILES string of the molecule is CC1SCC(C(N)Cc2ccccc2Cl)SC1C. The van der Waals surface area contributed by atoms with E-state index in [0.29, 0.717) is 10.5 Å². The maximum absolute atomic E-state index is 6.36. The van der Waals surface area contributed by atoms with Crippen LogP contribution in [0.5, 0.6) is 0 Å². The minimum Gasteiger partial charge on any atom is -0.326 e. The molecule has 4 unspecified atom stereocenters. The quantitative estimate of drug-likeness (QED) is 0.919. The molecule has 0 bridgehead atoms. The third-order valence-electron chi connectivity index (χ3n) is 3.46. The number of rotatable bonds is 3. The van der Waals surface area contributed by atoms with Crippen molar-refractivity contribution >= 4 is 35.1 Å². The largest absolute Gasteiger partial charge is 0.326 e. The van der Waals surface area contributed by atoms with Crippen LogP contribution in [0.1, 0.15) is 19.4 Å². The molecule has 1 aromatic carbocycles. The summed E-state index contributed by atoms with van der Waals surface area (Å²) in [7, 11) is 0. The van der Waals surface area contributed by atoms with Gasteiger partial charge in [-0.3, -0.25) is 0 Å². The fourth-order valence-electron chi connectivity index (χ4n) is 2.08. The second kappa shape index (κ2) is 6.56. The summed E-state index contributed by atoms with van der Waals surface area (Å²) in [6, 6.07) is 8.21. The lowest BCUT2D eigenvalue weighted by molar-refractivity contribution is 0.657. The summed E-state index contributed by atoms with van der Waals surface area (Å²) in [4.78, 5) is 0. The number of hydrogen-bond acceptors (Lipinski definition) is 3. The van der Waals surface area contributed by atoms with Crippen molar-refractivity contribution in [2.75, 3.05) is 5.75 Å². The Morgan fingerprint density at radius 1 is 1.33 bits per heavy atom. The van der Waals surface area contributed by atoms with Crippen LogP contribution in [0.4, 0.5) is 0 Å². The molecule has 2 N–H and O–H groups in total. The van der Waals surface area contributed by atoms with Crippen molar-refractivity contribution in [1.82, 2.24) is 0 Å². The summed E-state index contributed by atoms with van der Waals surface area (Å²) in [5.41, 5.74) is 7.53. The normalized spacial score (nSPS) is 30.1. The van der Waals surface area contributed by atoms with Gasteiger partial charge in [0.25, 0.3) is 0 Å². The van der Waals surface area contributed by atoms with Gasteiger partial charge in [0, 0.05) is 32.6 Å². The Kier molecular flexibility index (Phi) is 5.31. The number of thioether (sulfide) groups is 2. The molecule has 0 aliphatic carbocycles. The van der Waals surface area contributed by atoms with Gasteiger partial charge in [0.2, 0.25) is 0 Å². The van der Waals surface area contributed by atoms with Gasteiger partial charge in [-0.1, -0.05) is 43.6 Å². The molecular formula is C14H20ClNS2. The highest BCUT2D eigenvalue weighted by molar-refractivity contribution is 8.07. The molecule has 0 spiro atoms. The standard InChI is InChI=1S/C14H20ClNS2/c1-9-10(2)18-14(8-17-9)13(16)7-11-5-3-4-6-12(11)15/h3-6,9-10,13-14H,7-8,16H2,1-2H3. The van der Waals surface area contributed by atoms with Crippen LogP contribution in [0.2, 0.25) is 5.02 Å². The van der Waals surface area contributed by atoms with Crippen LogP contribution in [0.3, 0.4) is 0 Å². The molecule has 1 aliphatic rings. The monoisotopic (exact) mass is 301 g/mol. The van der Waals surface area contributed by atoms with E-state index >= 15 is 0 Å². The van der Waals surface area contributed by atoms with Crippen LogP contribution in [0.15, 0.2) is 24.3 Å². The molecule has 4 atom stereocenters. The van der Waals surface area contributed by atoms with E-state index < -0.39 is 0 Å². The maximum atomic E-state index is 6.36. The van der Waals surface area contributed by atoms with Gasteiger partial charge in [0.1, 0.15) is 0 Å². The highest BCUT2D eigenvalue weighted by atomic mass is 35.5. The van der Waals surface area contributed by atoms with Gasteiger partial charge in [-0.15, -0.1) is 0 Å². The van der Waals surface area contributed by atoms with E-state index in [0.717, 1.165) is 22.4 Å². The van der Waals surface area contributed by atoms with Gasteiger partial charge in [-0.2, -0.15) is 23.5 Å². The summed E-state index contributed by atoms with van der Waals surface area (Å²) >= 11 is 10.3. The topological polar surface area (TPSA) is 26.0 Å². The lowest BCUT2D eigenvalue weighted by Gasteiger charge is -2.34. The number of nitrogens with two attached hydrogens (primary N) is 1. The van der Waals surface area contributed by atoms with Crippen molar-refractivity contribution in [3.8, 4) is 0 Å². The molecule has 1 aromatic rings. The zero-order valence-electron chi connectivity index (χ0n) is 10.8. The molecule has 2 rings (SSSR count). The smallest absolute Gasteiger partial charge is 0.0438 e. The van der Waals surface area contributed by atoms with Crippen molar-refractivity contribution in [1.29, 1.82) is 0 Å². The maximum Gasteiger partial charge on any atom is 0.0438 e. The predicted molar refractivity (Wildman–Crippen MR) is 85.9 cm³/mol. The van der Waals surface area contributed by atoms with Crippen molar-refractivity contribution in [2.24, 2.45) is 5.73 Å². The number of benzene rings is 1. The van der Waals surface area contributed by atoms with Crippen LogP contribution >= 0.6 is 35.1 Å². The van der Waals surface area contributed by atoms with Crippen molar-refractivity contribution in [2.45, 2.75) is 42.1 Å².